The molecule has 6 rings (SSSR count). The van der Waals surface area contributed by atoms with Gasteiger partial charge in [0.1, 0.15) is 10.6 Å². The maximum atomic E-state index is 12.2. The van der Waals surface area contributed by atoms with Gasteiger partial charge in [-0.25, -0.2) is 0 Å². The zero-order valence-electron chi connectivity index (χ0n) is 35.3. The minimum absolute atomic E-state index is 0. The van der Waals surface area contributed by atoms with Crippen LogP contribution in [0, 0.1) is 43.6 Å². The molecule has 297 valence electrons. The molecule has 0 saturated heterocycles. The van der Waals surface area contributed by atoms with E-state index in [1.54, 1.807) is 11.3 Å². The van der Waals surface area contributed by atoms with Crippen molar-refractivity contribution in [2.75, 3.05) is 0 Å². The largest absolute Gasteiger partial charge is 0.512 e. The van der Waals surface area contributed by atoms with Crippen molar-refractivity contribution in [3.63, 3.8) is 0 Å². The van der Waals surface area contributed by atoms with Gasteiger partial charge in [0.05, 0.1) is 0 Å². The average Bonchev–Trinajstić information content (AvgIpc) is 3.56. The molecule has 0 spiro atoms. The molecule has 1 radical (unpaired) electrons. The summed E-state index contributed by atoms with van der Waals surface area (Å²) in [5.74, 6) is 0.925. The number of aliphatic hydroxyl groups excluding tert-OH is 1. The summed E-state index contributed by atoms with van der Waals surface area (Å²) >= 11 is 1.77. The second-order valence-corrected chi connectivity index (χ2v) is 17.5. The summed E-state index contributed by atoms with van der Waals surface area (Å²) in [6, 6.07) is 34.5. The summed E-state index contributed by atoms with van der Waals surface area (Å²) in [5, 5.41) is 13.7. The van der Waals surface area contributed by atoms with E-state index in [0.717, 1.165) is 53.6 Å². The second kappa shape index (κ2) is 19.0. The van der Waals surface area contributed by atoms with E-state index >= 15 is 0 Å². The number of hydrogen-bond donors (Lipinski definition) is 1. The minimum Gasteiger partial charge on any atom is -0.512 e. The van der Waals surface area contributed by atoms with Crippen LogP contribution < -0.4 is 0 Å². The second-order valence-electron chi connectivity index (χ2n) is 16.3. The van der Waals surface area contributed by atoms with Crippen molar-refractivity contribution >= 4 is 38.1 Å². The molecule has 0 aliphatic carbocycles. The Kier molecular flexibility index (Phi) is 15.2. The monoisotopic (exact) mass is 943 g/mol. The first-order valence-corrected chi connectivity index (χ1v) is 21.0. The summed E-state index contributed by atoms with van der Waals surface area (Å²) in [5.41, 5.74) is 10.5. The van der Waals surface area contributed by atoms with Crippen molar-refractivity contribution in [1.29, 1.82) is 0 Å². The Hall–Kier alpha value is -3.89. The fraction of sp³-hybridized carbons (Fsp3) is 0.373. The van der Waals surface area contributed by atoms with Gasteiger partial charge >= 0.3 is 0 Å². The van der Waals surface area contributed by atoms with Crippen LogP contribution in [0.25, 0.3) is 54.5 Å². The van der Waals surface area contributed by atoms with Gasteiger partial charge in [0, 0.05) is 53.0 Å². The van der Waals surface area contributed by atoms with E-state index in [0.29, 0.717) is 5.92 Å². The van der Waals surface area contributed by atoms with Crippen LogP contribution in [0.4, 0.5) is 0 Å². The molecule has 0 aliphatic heterocycles. The van der Waals surface area contributed by atoms with E-state index in [1.165, 1.54) is 60.7 Å². The molecule has 2 heterocycles. The Morgan fingerprint density at radius 2 is 1.38 bits per heavy atom. The number of aromatic nitrogens is 1. The predicted octanol–water partition coefficient (Wildman–Crippen LogP) is 15.0. The molecule has 0 fully saturated rings. The Bertz CT molecular complexity index is 2290. The van der Waals surface area contributed by atoms with E-state index in [-0.39, 0.29) is 42.5 Å². The average molecular weight is 943 g/mol. The van der Waals surface area contributed by atoms with Crippen LogP contribution >= 0.6 is 11.3 Å². The molecule has 0 atom stereocenters. The van der Waals surface area contributed by atoms with E-state index in [2.05, 4.69) is 126 Å². The molecule has 56 heavy (non-hydrogen) atoms. The van der Waals surface area contributed by atoms with Crippen molar-refractivity contribution in [1.82, 2.24) is 4.98 Å². The van der Waals surface area contributed by atoms with Gasteiger partial charge in [-0.05, 0) is 98.2 Å². The summed E-state index contributed by atoms with van der Waals surface area (Å²) in [4.78, 5) is 19.7. The number of rotatable bonds is 12. The quantitative estimate of drug-likeness (QED) is 0.0755. The zero-order chi connectivity index (χ0) is 40.1. The number of aliphatic hydroxyl groups is 1. The summed E-state index contributed by atoms with van der Waals surface area (Å²) in [7, 11) is 0. The standard InChI is InChI=1S/C36H32NS.C15H28O2.Ir/c1-22(2)15-26-16-23(3)35(24(4)17-26)32-21-34(37-36-33(32)18-25(5)38-36)29-19-28-13-9-10-14-30(28)31(20-29)27-11-7-6-8-12-27;1-7-14(5,8-2)12(16)11-13(17)15(6,9-3)10-4;/h6-14,16-18,20-22H,15H2,1-5H3;11,16H,7-10H2,1-6H3;/q-1;;/b;12-11-;. The normalized spacial score (nSPS) is 12.1. The number of fused-ring (bicyclic) bond motifs is 2. The molecule has 0 saturated carbocycles. The van der Waals surface area contributed by atoms with Crippen LogP contribution in [-0.2, 0) is 31.3 Å². The van der Waals surface area contributed by atoms with Gasteiger partial charge in [-0.15, -0.1) is 34.9 Å². The Morgan fingerprint density at radius 3 is 1.96 bits per heavy atom. The van der Waals surface area contributed by atoms with Crippen LogP contribution in [0.1, 0.15) is 103 Å². The van der Waals surface area contributed by atoms with Crippen LogP contribution in [-0.4, -0.2) is 15.9 Å². The maximum absolute atomic E-state index is 12.2. The number of benzene rings is 4. The van der Waals surface area contributed by atoms with Gasteiger partial charge in [0.15, 0.2) is 5.78 Å². The Balaban J connectivity index is 0.000000330. The van der Waals surface area contributed by atoms with Gasteiger partial charge in [-0.2, -0.15) is 0 Å². The fourth-order valence-electron chi connectivity index (χ4n) is 7.45. The van der Waals surface area contributed by atoms with Crippen molar-refractivity contribution in [3.05, 3.63) is 124 Å². The first kappa shape index (κ1) is 44.8. The van der Waals surface area contributed by atoms with Gasteiger partial charge in [-0.1, -0.05) is 139 Å². The third kappa shape index (κ3) is 9.79. The number of hydrogen-bond acceptors (Lipinski definition) is 4. The first-order chi connectivity index (χ1) is 26.2. The van der Waals surface area contributed by atoms with E-state index < -0.39 is 0 Å². The van der Waals surface area contributed by atoms with Crippen LogP contribution in [0.3, 0.4) is 0 Å². The predicted molar refractivity (Wildman–Crippen MR) is 238 cm³/mol. The molecule has 4 aromatic carbocycles. The van der Waals surface area contributed by atoms with Gasteiger partial charge in [0.2, 0.25) is 0 Å². The van der Waals surface area contributed by atoms with E-state index in [4.69, 9.17) is 4.98 Å². The Morgan fingerprint density at radius 1 is 0.786 bits per heavy atom. The fourth-order valence-corrected chi connectivity index (χ4v) is 8.36. The molecule has 3 nitrogen and oxygen atoms in total. The molecule has 1 N–H and O–H groups in total. The number of nitrogens with zero attached hydrogens (tertiary/aromatic N) is 1. The van der Waals surface area contributed by atoms with Crippen molar-refractivity contribution in [3.8, 4) is 33.5 Å². The van der Waals surface area contributed by atoms with Gasteiger partial charge in [0.25, 0.3) is 0 Å². The van der Waals surface area contributed by atoms with Gasteiger partial charge < -0.3 is 5.11 Å². The zero-order valence-corrected chi connectivity index (χ0v) is 38.5. The molecule has 5 heteroatoms. The molecule has 0 amide bonds. The molecule has 0 unspecified atom stereocenters. The van der Waals surface area contributed by atoms with Gasteiger partial charge in [-0.3, -0.25) is 9.78 Å². The van der Waals surface area contributed by atoms with Crippen molar-refractivity contribution in [2.24, 2.45) is 16.7 Å². The molecule has 2 aromatic heterocycles. The van der Waals surface area contributed by atoms with Crippen molar-refractivity contribution < 1.29 is 30.0 Å². The summed E-state index contributed by atoms with van der Waals surface area (Å²) in [6.45, 7) is 23.3. The van der Waals surface area contributed by atoms with Crippen molar-refractivity contribution in [2.45, 2.75) is 108 Å². The first-order valence-electron chi connectivity index (χ1n) is 20.1. The number of carbonyl (C=O) groups is 1. The molecule has 0 aliphatic rings. The van der Waals surface area contributed by atoms with Crippen LogP contribution in [0.15, 0.2) is 96.8 Å². The molecule has 0 bridgehead atoms. The number of aryl methyl sites for hydroxylation is 3. The number of ketones is 1. The van der Waals surface area contributed by atoms with Crippen LogP contribution in [0.2, 0.25) is 0 Å². The van der Waals surface area contributed by atoms with Crippen LogP contribution in [0.5, 0.6) is 0 Å². The third-order valence-electron chi connectivity index (χ3n) is 11.9. The van der Waals surface area contributed by atoms with E-state index in [1.807, 2.05) is 41.5 Å². The number of carbonyl (C=O) groups excluding carboxylic acids is 1. The molecular formula is C51H60IrNO2S-. The number of allylic oxidation sites excluding steroid dienone is 2. The number of thiophene rings is 1. The number of pyridine rings is 1. The molecular weight excluding hydrogens is 883 g/mol. The SMILES string of the molecule is CCC(C)(CC)C(=O)/C=C(\O)C(C)(CC)CC.Cc1cc2c(-c3c(C)cc(CC(C)C)cc3C)cc(-c3[c-]c4ccccc4c(-c4ccccc4)c3)nc2s1.[Ir]. The summed E-state index contributed by atoms with van der Waals surface area (Å²) in [6.07, 6.45) is 5.86. The minimum atomic E-state index is -0.337. The smallest absolute Gasteiger partial charge is 0.164 e. The summed E-state index contributed by atoms with van der Waals surface area (Å²) < 4.78 is 0. The topological polar surface area (TPSA) is 50.2 Å². The maximum Gasteiger partial charge on any atom is 0.164 e. The van der Waals surface area contributed by atoms with E-state index in [9.17, 15) is 9.90 Å². The third-order valence-corrected chi connectivity index (χ3v) is 12.8. The Labute approximate surface area is 354 Å². The molecule has 6 aromatic rings.